The Labute approximate surface area is 188 Å². The first-order valence-corrected chi connectivity index (χ1v) is 11.8. The lowest BCUT2D eigenvalue weighted by molar-refractivity contribution is -0.462. The van der Waals surface area contributed by atoms with Crippen molar-refractivity contribution in [2.24, 2.45) is 5.92 Å². The maximum atomic E-state index is 10.2. The number of phenolic OH excluding ortho intramolecular Hbond substituents is 1. The smallest absolute Gasteiger partial charge is 0.204 e. The van der Waals surface area contributed by atoms with Crippen LogP contribution in [0.4, 0.5) is 5.69 Å². The molecule has 0 saturated heterocycles. The van der Waals surface area contributed by atoms with Gasteiger partial charge in [-0.05, 0) is 73.1 Å². The molecule has 5 heteroatoms. The molecule has 2 atom stereocenters. The Morgan fingerprint density at radius 1 is 1.12 bits per heavy atom. The number of fused-ring (bicyclic) bond motifs is 2. The average Bonchev–Trinajstić information content (AvgIpc) is 3.41. The molecule has 5 aliphatic rings. The Kier molecular flexibility index (Phi) is 4.58. The number of phenols is 1. The molecular weight excluding hydrogens is 398 g/mol. The van der Waals surface area contributed by atoms with Crippen LogP contribution in [0, 0.1) is 17.2 Å². The summed E-state index contributed by atoms with van der Waals surface area (Å²) in [6.45, 7) is 1.83. The van der Waals surface area contributed by atoms with Crippen molar-refractivity contribution in [1.82, 2.24) is 0 Å². The third-order valence-electron chi connectivity index (χ3n) is 7.78. The summed E-state index contributed by atoms with van der Waals surface area (Å²) in [5, 5.41) is 30.1. The van der Waals surface area contributed by atoms with Crippen LogP contribution < -0.4 is 4.90 Å². The van der Waals surface area contributed by atoms with Gasteiger partial charge in [0.05, 0.1) is 6.10 Å². The van der Waals surface area contributed by atoms with Gasteiger partial charge in [-0.15, -0.1) is 0 Å². The molecule has 2 unspecified atom stereocenters. The van der Waals surface area contributed by atoms with Crippen LogP contribution in [0.2, 0.25) is 0 Å². The van der Waals surface area contributed by atoms with E-state index >= 15 is 0 Å². The predicted molar refractivity (Wildman–Crippen MR) is 123 cm³/mol. The van der Waals surface area contributed by atoms with E-state index in [4.69, 9.17) is 0 Å². The molecule has 5 nitrogen and oxygen atoms in total. The number of hydrogen-bond acceptors (Lipinski definition) is 4. The molecule has 2 heterocycles. The van der Waals surface area contributed by atoms with Crippen molar-refractivity contribution in [2.45, 2.75) is 51.0 Å². The third-order valence-corrected chi connectivity index (χ3v) is 7.78. The minimum Gasteiger partial charge on any atom is -0.508 e. The Bertz CT molecular complexity index is 1210. The highest BCUT2D eigenvalue weighted by Crippen LogP contribution is 2.43. The van der Waals surface area contributed by atoms with Crippen molar-refractivity contribution >= 4 is 11.4 Å². The van der Waals surface area contributed by atoms with E-state index in [0.717, 1.165) is 62.9 Å². The lowest BCUT2D eigenvalue weighted by Crippen LogP contribution is -2.30. The topological polar surface area (TPSA) is 70.5 Å². The van der Waals surface area contributed by atoms with Gasteiger partial charge in [-0.1, -0.05) is 0 Å². The van der Waals surface area contributed by atoms with Crippen LogP contribution in [0.1, 0.15) is 44.1 Å². The first-order valence-electron chi connectivity index (χ1n) is 11.8. The second-order valence-electron chi connectivity index (χ2n) is 9.53. The quantitative estimate of drug-likeness (QED) is 0.664. The molecule has 0 aromatic heterocycles. The van der Waals surface area contributed by atoms with E-state index in [0.29, 0.717) is 18.1 Å². The molecule has 1 aromatic carbocycles. The number of nitrogens with zero attached hydrogens (tertiary/aromatic N) is 3. The van der Waals surface area contributed by atoms with Crippen molar-refractivity contribution < 1.29 is 14.8 Å². The highest BCUT2D eigenvalue weighted by molar-refractivity contribution is 6.02. The number of allylic oxidation sites excluding steroid dienone is 5. The van der Waals surface area contributed by atoms with Crippen molar-refractivity contribution in [1.29, 1.82) is 5.26 Å². The summed E-state index contributed by atoms with van der Waals surface area (Å²) in [5.74, 6) is 0.784. The Morgan fingerprint density at radius 2 is 2.00 bits per heavy atom. The summed E-state index contributed by atoms with van der Waals surface area (Å²) in [5.41, 5.74) is 9.41. The van der Waals surface area contributed by atoms with Gasteiger partial charge in [-0.3, -0.25) is 0 Å². The average molecular weight is 427 g/mol. The van der Waals surface area contributed by atoms with Gasteiger partial charge in [0.15, 0.2) is 12.3 Å². The number of nitriles is 1. The van der Waals surface area contributed by atoms with Crippen LogP contribution in [0.3, 0.4) is 0 Å². The monoisotopic (exact) mass is 426 g/mol. The van der Waals surface area contributed by atoms with Gasteiger partial charge in [0.1, 0.15) is 17.4 Å². The molecule has 0 bridgehead atoms. The summed E-state index contributed by atoms with van der Waals surface area (Å²) in [4.78, 5) is 2.38. The van der Waals surface area contributed by atoms with Crippen LogP contribution in [0.5, 0.6) is 5.75 Å². The SMILES string of the molecule is N#CC1=C2C=C(N3CCc4cc(O)ccc43)CCC2CCC1=[N+]1CCC2=C1C=CC(O)C2. The highest BCUT2D eigenvalue weighted by Gasteiger charge is 2.39. The van der Waals surface area contributed by atoms with Gasteiger partial charge in [0.2, 0.25) is 5.70 Å². The standard InChI is InChI=1S/C27H27N3O2/c28-16-24-23-15-20(29-11-9-18-13-21(31)4-7-25(18)29)3-1-17(23)2-6-27(24)30-12-10-19-14-22(32)5-8-26(19)30/h4-5,7-8,13,15,17,22,32H,1-3,6,9-12,14H2/p+1. The van der Waals surface area contributed by atoms with Crippen LogP contribution in [-0.2, 0) is 6.42 Å². The zero-order valence-electron chi connectivity index (χ0n) is 18.2. The number of anilines is 1. The maximum Gasteiger partial charge on any atom is 0.204 e. The fourth-order valence-electron chi connectivity index (χ4n) is 6.23. The molecule has 162 valence electrons. The van der Waals surface area contributed by atoms with Crippen molar-refractivity contribution in [3.05, 3.63) is 70.1 Å². The van der Waals surface area contributed by atoms with Gasteiger partial charge in [0.25, 0.3) is 0 Å². The number of hydrogen-bond donors (Lipinski definition) is 2. The zero-order chi connectivity index (χ0) is 21.8. The predicted octanol–water partition coefficient (Wildman–Crippen LogP) is 4.09. The second-order valence-corrected chi connectivity index (χ2v) is 9.53. The largest absolute Gasteiger partial charge is 0.508 e. The molecule has 1 aromatic rings. The first-order chi connectivity index (χ1) is 15.6. The van der Waals surface area contributed by atoms with Gasteiger partial charge in [0, 0.05) is 48.8 Å². The number of benzene rings is 1. The maximum absolute atomic E-state index is 10.2. The lowest BCUT2D eigenvalue weighted by atomic mass is 9.76. The van der Waals surface area contributed by atoms with E-state index in [1.54, 1.807) is 6.07 Å². The molecular formula is C27H28N3O2+. The highest BCUT2D eigenvalue weighted by atomic mass is 16.3. The summed E-state index contributed by atoms with van der Waals surface area (Å²) < 4.78 is 2.34. The lowest BCUT2D eigenvalue weighted by Gasteiger charge is -2.33. The molecule has 0 amide bonds. The minimum atomic E-state index is -0.377. The number of aromatic hydroxyl groups is 1. The van der Waals surface area contributed by atoms with E-state index < -0.39 is 0 Å². The van der Waals surface area contributed by atoms with Crippen molar-refractivity contribution in [2.75, 3.05) is 18.0 Å². The molecule has 6 rings (SSSR count). The van der Waals surface area contributed by atoms with Crippen LogP contribution >= 0.6 is 0 Å². The van der Waals surface area contributed by atoms with E-state index in [1.807, 2.05) is 24.3 Å². The summed E-state index contributed by atoms with van der Waals surface area (Å²) in [7, 11) is 0. The number of rotatable bonds is 1. The van der Waals surface area contributed by atoms with Crippen LogP contribution in [-0.4, -0.2) is 39.7 Å². The summed E-state index contributed by atoms with van der Waals surface area (Å²) >= 11 is 0. The Hall–Kier alpha value is -3.10. The van der Waals surface area contributed by atoms with Gasteiger partial charge in [-0.25, -0.2) is 0 Å². The van der Waals surface area contributed by atoms with E-state index in [1.165, 1.54) is 33.8 Å². The molecule has 0 saturated carbocycles. The fraction of sp³-hybridized carbons (Fsp3) is 0.407. The Balaban J connectivity index is 1.42. The number of aliphatic hydroxyl groups excluding tert-OH is 1. The van der Waals surface area contributed by atoms with Crippen molar-refractivity contribution in [3.63, 3.8) is 0 Å². The summed E-state index contributed by atoms with van der Waals surface area (Å²) in [6, 6.07) is 8.24. The zero-order valence-corrected chi connectivity index (χ0v) is 18.2. The third kappa shape index (κ3) is 3.05. The molecule has 32 heavy (non-hydrogen) atoms. The molecule has 0 fully saturated rings. The van der Waals surface area contributed by atoms with Gasteiger partial charge >= 0.3 is 0 Å². The van der Waals surface area contributed by atoms with Crippen LogP contribution in [0.15, 0.2) is 64.5 Å². The molecule has 0 radical (unpaired) electrons. The van der Waals surface area contributed by atoms with E-state index in [2.05, 4.69) is 21.6 Å². The van der Waals surface area contributed by atoms with E-state index in [9.17, 15) is 15.5 Å². The van der Waals surface area contributed by atoms with Crippen molar-refractivity contribution in [3.8, 4) is 11.8 Å². The summed E-state index contributed by atoms with van der Waals surface area (Å²) in [6.07, 6.45) is 12.6. The van der Waals surface area contributed by atoms with Gasteiger partial charge < -0.3 is 15.1 Å². The number of aliphatic hydroxyl groups is 1. The second kappa shape index (κ2) is 7.50. The van der Waals surface area contributed by atoms with Gasteiger partial charge in [-0.2, -0.15) is 9.84 Å². The molecule has 2 aliphatic heterocycles. The first kappa shape index (κ1) is 19.6. The normalized spacial score (nSPS) is 29.0. The van der Waals surface area contributed by atoms with E-state index in [-0.39, 0.29) is 6.10 Å². The Morgan fingerprint density at radius 3 is 2.88 bits per heavy atom. The molecule has 2 N–H and O–H groups in total. The van der Waals surface area contributed by atoms with Crippen LogP contribution in [0.25, 0.3) is 0 Å². The molecule has 3 aliphatic carbocycles. The molecule has 0 spiro atoms. The minimum absolute atomic E-state index is 0.327. The fourth-order valence-corrected chi connectivity index (χ4v) is 6.23.